The Hall–Kier alpha value is -5.41. The van der Waals surface area contributed by atoms with Crippen molar-refractivity contribution in [1.29, 1.82) is 0 Å². The molecule has 6 aromatic rings. The largest absolute Gasteiger partial charge is 0.284 e. The van der Waals surface area contributed by atoms with E-state index in [0.29, 0.717) is 49.9 Å². The van der Waals surface area contributed by atoms with E-state index in [9.17, 15) is 22.0 Å². The first-order chi connectivity index (χ1) is 23.8. The summed E-state index contributed by atoms with van der Waals surface area (Å²) in [5.41, 5.74) is 2.54. The van der Waals surface area contributed by atoms with Gasteiger partial charge in [-0.05, 0) is 92.1 Å². The monoisotopic (exact) mass is 672 g/mol. The minimum Gasteiger partial charge on any atom is -0.284 e. The first kappa shape index (κ1) is 32.2. The highest BCUT2D eigenvalue weighted by Crippen LogP contribution is 2.33. The standard InChI is InChI=1S/C17H14F3N5.C17H15F2N5/c18-13-3-1-2-11(8-13)16-17-21-22-23-25(17)7-6-24(16)10-12-9-14(19)4-5-15(12)20;18-14-5-1-3-12(9-14)11-23-7-8-24-17(20-21-22-24)16(23)13-4-2-6-15(19)10-13/h1-5,8-9,16H,6-7,10H2;1-6,9-10,16H,7-8,11H2. The van der Waals surface area contributed by atoms with E-state index in [1.165, 1.54) is 42.5 Å². The second kappa shape index (κ2) is 14.0. The number of nitrogens with zero attached hydrogens (tertiary/aromatic N) is 10. The molecule has 8 rings (SSSR count). The van der Waals surface area contributed by atoms with E-state index in [2.05, 4.69) is 36.0 Å². The molecule has 0 spiro atoms. The zero-order valence-corrected chi connectivity index (χ0v) is 25.9. The summed E-state index contributed by atoms with van der Waals surface area (Å²) in [6.07, 6.45) is 0. The molecule has 2 atom stereocenters. The molecule has 10 nitrogen and oxygen atoms in total. The number of benzene rings is 4. The Morgan fingerprint density at radius 3 is 1.59 bits per heavy atom. The van der Waals surface area contributed by atoms with Crippen molar-refractivity contribution >= 4 is 0 Å². The predicted molar refractivity (Wildman–Crippen MR) is 166 cm³/mol. The van der Waals surface area contributed by atoms with E-state index >= 15 is 0 Å². The molecular weight excluding hydrogens is 643 g/mol. The number of fused-ring (bicyclic) bond motifs is 2. The molecule has 0 amide bonds. The molecule has 2 aliphatic rings. The average Bonchev–Trinajstić information content (AvgIpc) is 3.77. The smallest absolute Gasteiger partial charge is 0.173 e. The summed E-state index contributed by atoms with van der Waals surface area (Å²) in [4.78, 5) is 4.05. The minimum absolute atomic E-state index is 0.164. The van der Waals surface area contributed by atoms with Crippen LogP contribution in [0.5, 0.6) is 0 Å². The lowest BCUT2D eigenvalue weighted by atomic mass is 10.0. The van der Waals surface area contributed by atoms with Gasteiger partial charge >= 0.3 is 0 Å². The maximum absolute atomic E-state index is 14.1. The molecule has 2 unspecified atom stereocenters. The van der Waals surface area contributed by atoms with Gasteiger partial charge in [0.05, 0.1) is 25.2 Å². The fourth-order valence-electron chi connectivity index (χ4n) is 6.33. The van der Waals surface area contributed by atoms with Gasteiger partial charge in [-0.15, -0.1) is 10.2 Å². The third-order valence-electron chi connectivity index (χ3n) is 8.52. The lowest BCUT2D eigenvalue weighted by molar-refractivity contribution is 0.161. The lowest BCUT2D eigenvalue weighted by Crippen LogP contribution is -2.39. The van der Waals surface area contributed by atoms with Crippen LogP contribution < -0.4 is 0 Å². The van der Waals surface area contributed by atoms with Crippen LogP contribution in [-0.4, -0.2) is 63.3 Å². The van der Waals surface area contributed by atoms with Crippen molar-refractivity contribution in [2.45, 2.75) is 38.3 Å². The first-order valence-electron chi connectivity index (χ1n) is 15.5. The van der Waals surface area contributed by atoms with Crippen LogP contribution in [0.4, 0.5) is 22.0 Å². The van der Waals surface area contributed by atoms with Gasteiger partial charge in [-0.25, -0.2) is 31.3 Å². The lowest BCUT2D eigenvalue weighted by Gasteiger charge is -2.35. The van der Waals surface area contributed by atoms with Gasteiger partial charge in [0.15, 0.2) is 11.6 Å². The number of hydrogen-bond donors (Lipinski definition) is 0. The Morgan fingerprint density at radius 1 is 0.531 bits per heavy atom. The summed E-state index contributed by atoms with van der Waals surface area (Å²) < 4.78 is 71.8. The summed E-state index contributed by atoms with van der Waals surface area (Å²) >= 11 is 0. The van der Waals surface area contributed by atoms with Crippen molar-refractivity contribution in [3.8, 4) is 0 Å². The van der Waals surface area contributed by atoms with Crippen molar-refractivity contribution in [1.82, 2.24) is 50.2 Å². The van der Waals surface area contributed by atoms with Crippen molar-refractivity contribution < 1.29 is 22.0 Å². The van der Waals surface area contributed by atoms with Crippen LogP contribution in [0.25, 0.3) is 0 Å². The zero-order chi connectivity index (χ0) is 33.9. The highest BCUT2D eigenvalue weighted by Gasteiger charge is 2.33. The molecule has 0 fully saturated rings. The molecule has 0 radical (unpaired) electrons. The van der Waals surface area contributed by atoms with E-state index in [4.69, 9.17) is 0 Å². The zero-order valence-electron chi connectivity index (χ0n) is 25.9. The molecule has 4 aromatic carbocycles. The molecule has 4 heterocycles. The van der Waals surface area contributed by atoms with Gasteiger partial charge < -0.3 is 0 Å². The van der Waals surface area contributed by atoms with Gasteiger partial charge in [-0.3, -0.25) is 9.80 Å². The van der Waals surface area contributed by atoms with E-state index in [1.54, 1.807) is 33.6 Å². The molecule has 2 aromatic heterocycles. The van der Waals surface area contributed by atoms with Crippen LogP contribution in [-0.2, 0) is 26.2 Å². The topological polar surface area (TPSA) is 93.7 Å². The third-order valence-corrected chi connectivity index (χ3v) is 8.52. The van der Waals surface area contributed by atoms with Crippen molar-refractivity contribution in [2.24, 2.45) is 0 Å². The Labute approximate surface area is 277 Å². The van der Waals surface area contributed by atoms with Crippen molar-refractivity contribution in [3.05, 3.63) is 154 Å². The number of tetrazole rings is 2. The molecule has 0 saturated carbocycles. The molecule has 49 heavy (non-hydrogen) atoms. The van der Waals surface area contributed by atoms with E-state index in [1.807, 2.05) is 17.0 Å². The first-order valence-corrected chi connectivity index (χ1v) is 15.5. The third kappa shape index (κ3) is 7.07. The van der Waals surface area contributed by atoms with E-state index in [-0.39, 0.29) is 35.6 Å². The molecule has 250 valence electrons. The SMILES string of the molecule is Fc1cccc(C2c3nnnn3CCN2Cc2cc(F)ccc2F)c1.Fc1cccc(CN2CCn3nnnc3C2c2cccc(F)c2)c1. The molecule has 15 heteroatoms. The summed E-state index contributed by atoms with van der Waals surface area (Å²) in [6.45, 7) is 3.07. The minimum atomic E-state index is -0.499. The van der Waals surface area contributed by atoms with Gasteiger partial charge in [0.25, 0.3) is 0 Å². The van der Waals surface area contributed by atoms with Crippen LogP contribution in [0.2, 0.25) is 0 Å². The second-order valence-electron chi connectivity index (χ2n) is 11.7. The van der Waals surface area contributed by atoms with Crippen LogP contribution in [0.15, 0.2) is 91.0 Å². The second-order valence-corrected chi connectivity index (χ2v) is 11.7. The maximum atomic E-state index is 14.1. The average molecular weight is 673 g/mol. The molecule has 2 aliphatic heterocycles. The highest BCUT2D eigenvalue weighted by molar-refractivity contribution is 5.29. The number of rotatable bonds is 6. The van der Waals surface area contributed by atoms with Crippen molar-refractivity contribution in [2.75, 3.05) is 13.1 Å². The summed E-state index contributed by atoms with van der Waals surface area (Å²) in [6, 6.07) is 21.7. The Morgan fingerprint density at radius 2 is 1.04 bits per heavy atom. The summed E-state index contributed by atoms with van der Waals surface area (Å²) in [5.74, 6) is -0.708. The molecular formula is C34H29F5N10. The highest BCUT2D eigenvalue weighted by atomic mass is 19.1. The number of halogens is 5. The van der Waals surface area contributed by atoms with Gasteiger partial charge in [-0.2, -0.15) is 0 Å². The molecule has 0 aliphatic carbocycles. The predicted octanol–water partition coefficient (Wildman–Crippen LogP) is 5.25. The fraction of sp³-hybridized carbons (Fsp3) is 0.235. The van der Waals surface area contributed by atoms with Gasteiger partial charge in [0.2, 0.25) is 0 Å². The summed E-state index contributed by atoms with van der Waals surface area (Å²) in [7, 11) is 0. The number of aromatic nitrogens is 8. The van der Waals surface area contributed by atoms with E-state index < -0.39 is 17.7 Å². The van der Waals surface area contributed by atoms with Crippen molar-refractivity contribution in [3.63, 3.8) is 0 Å². The molecule has 0 bridgehead atoms. The van der Waals surface area contributed by atoms with Gasteiger partial charge in [0, 0.05) is 31.7 Å². The normalized spacial score (nSPS) is 17.6. The summed E-state index contributed by atoms with van der Waals surface area (Å²) in [5, 5.41) is 23.5. The van der Waals surface area contributed by atoms with Gasteiger partial charge in [0.1, 0.15) is 29.1 Å². The Kier molecular flexibility index (Phi) is 9.17. The van der Waals surface area contributed by atoms with Crippen LogP contribution in [0.3, 0.4) is 0 Å². The van der Waals surface area contributed by atoms with Crippen LogP contribution in [0.1, 0.15) is 46.0 Å². The number of hydrogen-bond acceptors (Lipinski definition) is 8. The quantitative estimate of drug-likeness (QED) is 0.222. The van der Waals surface area contributed by atoms with Crippen LogP contribution in [0, 0.1) is 29.1 Å². The van der Waals surface area contributed by atoms with E-state index in [0.717, 1.165) is 23.3 Å². The molecule has 0 N–H and O–H groups in total. The molecule has 0 saturated heterocycles. The Balaban J connectivity index is 0.000000154. The van der Waals surface area contributed by atoms with Gasteiger partial charge in [-0.1, -0.05) is 36.4 Å². The Bertz CT molecular complexity index is 2070. The van der Waals surface area contributed by atoms with Crippen LogP contribution >= 0.6 is 0 Å². The fourth-order valence-corrected chi connectivity index (χ4v) is 6.33. The maximum Gasteiger partial charge on any atom is 0.173 e.